The lowest BCUT2D eigenvalue weighted by Crippen LogP contribution is -2.32. The molecule has 1 aromatic heterocycles. The van der Waals surface area contributed by atoms with E-state index in [-0.39, 0.29) is 12.0 Å². The van der Waals surface area contributed by atoms with E-state index in [1.54, 1.807) is 0 Å². The summed E-state index contributed by atoms with van der Waals surface area (Å²) < 4.78 is 11.7. The molecule has 0 saturated carbocycles. The molecule has 5 rings (SSSR count). The number of nitrogens with zero attached hydrogens (tertiary/aromatic N) is 1. The first kappa shape index (κ1) is 24.0. The predicted octanol–water partition coefficient (Wildman–Crippen LogP) is 6.31. The van der Waals surface area contributed by atoms with Crippen molar-refractivity contribution in [3.8, 4) is 17.0 Å². The molecule has 0 bridgehead atoms. The number of pyridine rings is 1. The smallest absolute Gasteiger partial charge is 0.252 e. The van der Waals surface area contributed by atoms with Crippen molar-refractivity contribution >= 4 is 16.8 Å². The van der Waals surface area contributed by atoms with Crippen LogP contribution in [0.3, 0.4) is 0 Å². The van der Waals surface area contributed by atoms with Crippen LogP contribution in [0.1, 0.15) is 45.5 Å². The van der Waals surface area contributed by atoms with Crippen molar-refractivity contribution in [3.63, 3.8) is 0 Å². The normalized spacial score (nSPS) is 15.2. The molecule has 2 heterocycles. The fourth-order valence-electron chi connectivity index (χ4n) is 4.94. The zero-order chi connectivity index (χ0) is 25.1. The van der Waals surface area contributed by atoms with Crippen molar-refractivity contribution in [2.45, 2.75) is 46.3 Å². The van der Waals surface area contributed by atoms with Crippen LogP contribution in [0.4, 0.5) is 0 Å². The third kappa shape index (κ3) is 5.12. The maximum Gasteiger partial charge on any atom is 0.252 e. The fraction of sp³-hybridized carbons (Fsp3) is 0.290. The molecule has 36 heavy (non-hydrogen) atoms. The summed E-state index contributed by atoms with van der Waals surface area (Å²) in [5.41, 5.74) is 7.47. The van der Waals surface area contributed by atoms with Gasteiger partial charge in [-0.25, -0.2) is 4.98 Å². The molecule has 1 saturated heterocycles. The molecule has 1 aliphatic rings. The van der Waals surface area contributed by atoms with E-state index in [0.717, 1.165) is 69.6 Å². The second-order valence-corrected chi connectivity index (χ2v) is 9.58. The van der Waals surface area contributed by atoms with Crippen molar-refractivity contribution < 1.29 is 14.3 Å². The van der Waals surface area contributed by atoms with Crippen molar-refractivity contribution in [3.05, 3.63) is 94.5 Å². The lowest BCUT2D eigenvalue weighted by molar-refractivity contribution is 0.0858. The molecule has 1 unspecified atom stereocenters. The Morgan fingerprint density at radius 1 is 1.06 bits per heavy atom. The van der Waals surface area contributed by atoms with Gasteiger partial charge in [0, 0.05) is 24.1 Å². The number of carbonyl (C=O) groups is 1. The number of benzene rings is 3. The van der Waals surface area contributed by atoms with Crippen LogP contribution in [-0.4, -0.2) is 30.1 Å². The average molecular weight is 481 g/mol. The number of hydrogen-bond acceptors (Lipinski definition) is 4. The number of ether oxygens (including phenoxy) is 2. The maximum absolute atomic E-state index is 13.5. The molecule has 0 aliphatic carbocycles. The number of carbonyl (C=O) groups excluding carboxylic acids is 1. The van der Waals surface area contributed by atoms with Crippen LogP contribution in [0.5, 0.6) is 5.75 Å². The van der Waals surface area contributed by atoms with Crippen LogP contribution in [0.25, 0.3) is 22.2 Å². The molecule has 184 valence electrons. The Labute approximate surface area is 212 Å². The van der Waals surface area contributed by atoms with E-state index in [2.05, 4.69) is 31.3 Å². The Morgan fingerprint density at radius 3 is 2.56 bits per heavy atom. The quantitative estimate of drug-likeness (QED) is 0.336. The first-order valence-electron chi connectivity index (χ1n) is 12.6. The summed E-state index contributed by atoms with van der Waals surface area (Å²) >= 11 is 0. The highest BCUT2D eigenvalue weighted by Gasteiger charge is 2.22. The van der Waals surface area contributed by atoms with E-state index in [4.69, 9.17) is 14.5 Å². The van der Waals surface area contributed by atoms with Gasteiger partial charge in [0.05, 0.1) is 22.9 Å². The number of fused-ring (bicyclic) bond motifs is 1. The van der Waals surface area contributed by atoms with E-state index in [1.165, 1.54) is 0 Å². The van der Waals surface area contributed by atoms with Gasteiger partial charge in [0.25, 0.3) is 5.91 Å². The Bertz CT molecular complexity index is 1380. The van der Waals surface area contributed by atoms with Gasteiger partial charge in [0.2, 0.25) is 0 Å². The number of aromatic nitrogens is 1. The molecular formula is C31H32N2O3. The summed E-state index contributed by atoms with van der Waals surface area (Å²) in [5, 5.41) is 4.01. The number of aryl methyl sites for hydroxylation is 2. The molecule has 5 nitrogen and oxygen atoms in total. The average Bonchev–Trinajstić information content (AvgIpc) is 3.41. The zero-order valence-corrected chi connectivity index (χ0v) is 21.1. The molecule has 1 amide bonds. The molecule has 1 N–H and O–H groups in total. The maximum atomic E-state index is 13.5. The van der Waals surface area contributed by atoms with Crippen LogP contribution < -0.4 is 10.1 Å². The number of hydrogen-bond donors (Lipinski definition) is 1. The van der Waals surface area contributed by atoms with Crippen LogP contribution in [0.2, 0.25) is 0 Å². The Balaban J connectivity index is 1.47. The topological polar surface area (TPSA) is 60.5 Å². The van der Waals surface area contributed by atoms with Gasteiger partial charge in [-0.2, -0.15) is 0 Å². The fourth-order valence-corrected chi connectivity index (χ4v) is 4.94. The summed E-state index contributed by atoms with van der Waals surface area (Å²) in [6, 6.07) is 22.2. The molecular weight excluding hydrogens is 448 g/mol. The molecule has 1 fully saturated rings. The Morgan fingerprint density at radius 2 is 1.83 bits per heavy atom. The monoisotopic (exact) mass is 480 g/mol. The SMILES string of the molecule is Cc1cc(C)c2nc(-c3ccc(OCc4ccccc4)cc3)c(C)c(C(=O)NCC3CCCO3)c2c1. The van der Waals surface area contributed by atoms with Gasteiger partial charge in [0.15, 0.2) is 0 Å². The molecule has 1 aliphatic heterocycles. The first-order chi connectivity index (χ1) is 17.5. The van der Waals surface area contributed by atoms with Crippen molar-refractivity contribution in [2.75, 3.05) is 13.2 Å². The summed E-state index contributed by atoms with van der Waals surface area (Å²) in [7, 11) is 0. The third-order valence-electron chi connectivity index (χ3n) is 6.79. The molecule has 0 spiro atoms. The Hall–Kier alpha value is -3.70. The second kappa shape index (κ2) is 10.5. The van der Waals surface area contributed by atoms with E-state index in [0.29, 0.717) is 18.7 Å². The van der Waals surface area contributed by atoms with Crippen LogP contribution in [-0.2, 0) is 11.3 Å². The zero-order valence-electron chi connectivity index (χ0n) is 21.1. The Kier molecular flexibility index (Phi) is 7.01. The highest BCUT2D eigenvalue weighted by molar-refractivity contribution is 6.09. The van der Waals surface area contributed by atoms with Gasteiger partial charge < -0.3 is 14.8 Å². The van der Waals surface area contributed by atoms with Crippen LogP contribution in [0.15, 0.2) is 66.7 Å². The van der Waals surface area contributed by atoms with Gasteiger partial charge in [0.1, 0.15) is 12.4 Å². The van der Waals surface area contributed by atoms with Crippen molar-refractivity contribution in [1.82, 2.24) is 10.3 Å². The summed E-state index contributed by atoms with van der Waals surface area (Å²) in [4.78, 5) is 18.5. The van der Waals surface area contributed by atoms with Crippen LogP contribution in [0, 0.1) is 20.8 Å². The lowest BCUT2D eigenvalue weighted by atomic mass is 9.94. The number of rotatable bonds is 7. The minimum Gasteiger partial charge on any atom is -0.489 e. The van der Waals surface area contributed by atoms with E-state index < -0.39 is 0 Å². The van der Waals surface area contributed by atoms with E-state index in [1.807, 2.05) is 61.5 Å². The highest BCUT2D eigenvalue weighted by atomic mass is 16.5. The number of amides is 1. The third-order valence-corrected chi connectivity index (χ3v) is 6.79. The molecule has 4 aromatic rings. The number of nitrogens with one attached hydrogen (secondary N) is 1. The molecule has 3 aromatic carbocycles. The minimum atomic E-state index is -0.0792. The van der Waals surface area contributed by atoms with Gasteiger partial charge in [-0.05, 0) is 80.6 Å². The van der Waals surface area contributed by atoms with Crippen LogP contribution >= 0.6 is 0 Å². The molecule has 1 atom stereocenters. The summed E-state index contributed by atoms with van der Waals surface area (Å²) in [6.45, 7) is 7.90. The van der Waals surface area contributed by atoms with Crippen molar-refractivity contribution in [1.29, 1.82) is 0 Å². The van der Waals surface area contributed by atoms with Gasteiger partial charge in [-0.1, -0.05) is 42.0 Å². The highest BCUT2D eigenvalue weighted by Crippen LogP contribution is 2.33. The predicted molar refractivity (Wildman–Crippen MR) is 143 cm³/mol. The second-order valence-electron chi connectivity index (χ2n) is 9.58. The minimum absolute atomic E-state index is 0.0792. The molecule has 5 heteroatoms. The summed E-state index contributed by atoms with van der Waals surface area (Å²) in [6.07, 6.45) is 2.12. The van der Waals surface area contributed by atoms with Gasteiger partial charge in [-0.3, -0.25) is 4.79 Å². The van der Waals surface area contributed by atoms with E-state index in [9.17, 15) is 4.79 Å². The summed E-state index contributed by atoms with van der Waals surface area (Å²) in [5.74, 6) is 0.715. The van der Waals surface area contributed by atoms with E-state index >= 15 is 0 Å². The standard InChI is InChI=1S/C31H32N2O3/c1-20-16-21(2)29-27(17-20)28(31(34)32-18-26-10-7-15-35-26)22(3)30(33-29)24-11-13-25(14-12-24)36-19-23-8-5-4-6-9-23/h4-6,8-9,11-14,16-17,26H,7,10,15,18-19H2,1-3H3,(H,32,34). The largest absolute Gasteiger partial charge is 0.489 e. The van der Waals surface area contributed by atoms with Gasteiger partial charge >= 0.3 is 0 Å². The van der Waals surface area contributed by atoms with Crippen molar-refractivity contribution in [2.24, 2.45) is 0 Å². The first-order valence-corrected chi connectivity index (χ1v) is 12.6. The lowest BCUT2D eigenvalue weighted by Gasteiger charge is -2.18. The van der Waals surface area contributed by atoms with Gasteiger partial charge in [-0.15, -0.1) is 0 Å². The molecule has 0 radical (unpaired) electrons.